The molecule has 4 rings (SSSR count). The summed E-state index contributed by atoms with van der Waals surface area (Å²) in [6.07, 6.45) is 2.21. The summed E-state index contributed by atoms with van der Waals surface area (Å²) in [4.78, 5) is 43.7. The normalized spacial score (nSPS) is 18.3. The fourth-order valence-corrected chi connectivity index (χ4v) is 4.93. The summed E-state index contributed by atoms with van der Waals surface area (Å²) >= 11 is 0. The van der Waals surface area contributed by atoms with E-state index in [0.717, 1.165) is 27.9 Å². The Labute approximate surface area is 175 Å². The summed E-state index contributed by atoms with van der Waals surface area (Å²) in [5, 5.41) is 8.94. The number of carbonyl (C=O) groups excluding carboxylic acids is 3. The van der Waals surface area contributed by atoms with Gasteiger partial charge in [-0.05, 0) is 54.8 Å². The van der Waals surface area contributed by atoms with Gasteiger partial charge in [0.1, 0.15) is 23.6 Å². The first-order valence-electron chi connectivity index (χ1n) is 10.0. The third-order valence-corrected chi connectivity index (χ3v) is 6.31. The molecule has 1 aromatic heterocycles. The van der Waals surface area contributed by atoms with Gasteiger partial charge in [-0.2, -0.15) is 5.26 Å². The standard InChI is InChI=1S/C24H23N3O3/c1-14-6-18(19-5-4-17(10-25)11-26-19)7-15(2)22(14)23-20(29)8-24(9-21(23)30)12-27(13-24)16(3)28/h4-7,11,23H,8-9,12-13H2,1-3H3. The predicted molar refractivity (Wildman–Crippen MR) is 111 cm³/mol. The van der Waals surface area contributed by atoms with Crippen LogP contribution in [0.5, 0.6) is 0 Å². The molecule has 1 aromatic carbocycles. The SMILES string of the molecule is CC(=O)N1CC2(CC(=O)C(c3c(C)cc(-c4ccc(C#N)cn4)cc3C)C(=O)C2)C1. The Bertz CT molecular complexity index is 1060. The first kappa shape index (κ1) is 20.0. The third kappa shape index (κ3) is 3.30. The van der Waals surface area contributed by atoms with Crippen molar-refractivity contribution in [3.63, 3.8) is 0 Å². The minimum atomic E-state index is -0.732. The van der Waals surface area contributed by atoms with Gasteiger partial charge in [-0.25, -0.2) is 0 Å². The van der Waals surface area contributed by atoms with Crippen molar-refractivity contribution >= 4 is 17.5 Å². The van der Waals surface area contributed by atoms with Crippen molar-refractivity contribution in [2.24, 2.45) is 5.41 Å². The van der Waals surface area contributed by atoms with E-state index in [2.05, 4.69) is 11.1 Å². The molecule has 0 atom stereocenters. The van der Waals surface area contributed by atoms with Crippen LogP contribution in [0, 0.1) is 30.6 Å². The van der Waals surface area contributed by atoms with Gasteiger partial charge in [0.2, 0.25) is 5.91 Å². The van der Waals surface area contributed by atoms with E-state index < -0.39 is 5.92 Å². The van der Waals surface area contributed by atoms with Gasteiger partial charge in [-0.15, -0.1) is 0 Å². The lowest BCUT2D eigenvalue weighted by Crippen LogP contribution is -2.61. The van der Waals surface area contributed by atoms with Crippen molar-refractivity contribution in [1.29, 1.82) is 5.26 Å². The van der Waals surface area contributed by atoms with Gasteiger partial charge in [0.15, 0.2) is 0 Å². The van der Waals surface area contributed by atoms with Crippen molar-refractivity contribution in [3.05, 3.63) is 52.7 Å². The molecule has 2 heterocycles. The van der Waals surface area contributed by atoms with Crippen molar-refractivity contribution in [2.75, 3.05) is 13.1 Å². The second-order valence-electron chi connectivity index (χ2n) is 8.66. The number of aromatic nitrogens is 1. The van der Waals surface area contributed by atoms with E-state index in [9.17, 15) is 14.4 Å². The first-order chi connectivity index (χ1) is 14.2. The smallest absolute Gasteiger partial charge is 0.219 e. The highest BCUT2D eigenvalue weighted by molar-refractivity contribution is 6.11. The van der Waals surface area contributed by atoms with Crippen LogP contribution in [-0.2, 0) is 14.4 Å². The first-order valence-corrected chi connectivity index (χ1v) is 10.0. The van der Waals surface area contributed by atoms with Gasteiger partial charge in [-0.1, -0.05) is 0 Å². The van der Waals surface area contributed by atoms with E-state index in [1.165, 1.54) is 13.1 Å². The van der Waals surface area contributed by atoms with Crippen LogP contribution < -0.4 is 0 Å². The number of Topliss-reactive ketones (excluding diaryl/α,β-unsaturated/α-hetero) is 2. The number of carbonyl (C=O) groups is 3. The second-order valence-corrected chi connectivity index (χ2v) is 8.66. The molecule has 6 heteroatoms. The van der Waals surface area contributed by atoms with Gasteiger partial charge < -0.3 is 4.90 Å². The van der Waals surface area contributed by atoms with Crippen LogP contribution >= 0.6 is 0 Å². The molecule has 0 bridgehead atoms. The molecule has 2 aromatic rings. The average molecular weight is 401 g/mol. The number of benzene rings is 1. The Kier molecular flexibility index (Phi) is 4.77. The summed E-state index contributed by atoms with van der Waals surface area (Å²) in [6, 6.07) is 9.47. The topological polar surface area (TPSA) is 91.1 Å². The zero-order chi connectivity index (χ0) is 21.6. The van der Waals surface area contributed by atoms with E-state index >= 15 is 0 Å². The molecule has 1 aliphatic heterocycles. The Morgan fingerprint density at radius 3 is 2.20 bits per heavy atom. The molecule has 1 spiro atoms. The molecule has 2 fully saturated rings. The number of nitriles is 1. The minimum absolute atomic E-state index is 0.0127. The molecular weight excluding hydrogens is 378 g/mol. The number of pyridine rings is 1. The summed E-state index contributed by atoms with van der Waals surface area (Å²) in [7, 11) is 0. The predicted octanol–water partition coefficient (Wildman–Crippen LogP) is 3.10. The lowest BCUT2D eigenvalue weighted by molar-refractivity contribution is -0.153. The Morgan fingerprint density at radius 2 is 1.73 bits per heavy atom. The molecule has 152 valence electrons. The van der Waals surface area contributed by atoms with E-state index in [1.807, 2.05) is 26.0 Å². The average Bonchev–Trinajstić information content (AvgIpc) is 2.67. The molecule has 0 unspecified atom stereocenters. The molecule has 6 nitrogen and oxygen atoms in total. The zero-order valence-electron chi connectivity index (χ0n) is 17.4. The highest BCUT2D eigenvalue weighted by Gasteiger charge is 2.53. The Hall–Kier alpha value is -3.33. The monoisotopic (exact) mass is 401 g/mol. The van der Waals surface area contributed by atoms with Crippen LogP contribution in [0.1, 0.15) is 47.9 Å². The van der Waals surface area contributed by atoms with Crippen LogP contribution in [-0.4, -0.2) is 40.4 Å². The quantitative estimate of drug-likeness (QED) is 0.721. The zero-order valence-corrected chi connectivity index (χ0v) is 17.4. The largest absolute Gasteiger partial charge is 0.342 e. The molecule has 1 saturated heterocycles. The number of hydrogen-bond acceptors (Lipinski definition) is 5. The lowest BCUT2D eigenvalue weighted by Gasteiger charge is -2.52. The number of ketones is 2. The summed E-state index contributed by atoms with van der Waals surface area (Å²) in [5.74, 6) is -0.846. The lowest BCUT2D eigenvalue weighted by atomic mass is 9.63. The number of amides is 1. The number of aryl methyl sites for hydroxylation is 2. The molecular formula is C24H23N3O3. The van der Waals surface area contributed by atoms with E-state index in [0.29, 0.717) is 31.5 Å². The Morgan fingerprint density at radius 1 is 1.13 bits per heavy atom. The van der Waals surface area contributed by atoms with Crippen LogP contribution in [0.2, 0.25) is 0 Å². The molecule has 1 aliphatic carbocycles. The van der Waals surface area contributed by atoms with Crippen molar-refractivity contribution in [1.82, 2.24) is 9.88 Å². The highest BCUT2D eigenvalue weighted by atomic mass is 16.2. The maximum Gasteiger partial charge on any atom is 0.219 e. The van der Waals surface area contributed by atoms with E-state index in [1.54, 1.807) is 17.0 Å². The number of nitrogens with zero attached hydrogens (tertiary/aromatic N) is 3. The number of hydrogen-bond donors (Lipinski definition) is 0. The summed E-state index contributed by atoms with van der Waals surface area (Å²) < 4.78 is 0. The van der Waals surface area contributed by atoms with Gasteiger partial charge in [0, 0.05) is 50.0 Å². The van der Waals surface area contributed by atoms with Crippen LogP contribution in [0.4, 0.5) is 0 Å². The fraction of sp³-hybridized carbons (Fsp3) is 0.375. The van der Waals surface area contributed by atoms with E-state index in [-0.39, 0.29) is 22.9 Å². The van der Waals surface area contributed by atoms with Crippen molar-refractivity contribution in [2.45, 2.75) is 39.5 Å². The third-order valence-electron chi connectivity index (χ3n) is 6.31. The van der Waals surface area contributed by atoms with Crippen molar-refractivity contribution in [3.8, 4) is 17.3 Å². The molecule has 30 heavy (non-hydrogen) atoms. The minimum Gasteiger partial charge on any atom is -0.342 e. The maximum atomic E-state index is 13.1. The van der Waals surface area contributed by atoms with Gasteiger partial charge in [0.25, 0.3) is 0 Å². The summed E-state index contributed by atoms with van der Waals surface area (Å²) in [6.45, 7) is 6.34. The van der Waals surface area contributed by atoms with Crippen molar-refractivity contribution < 1.29 is 14.4 Å². The number of rotatable bonds is 2. The maximum absolute atomic E-state index is 13.1. The molecule has 1 amide bonds. The fourth-order valence-electron chi connectivity index (χ4n) is 4.93. The molecule has 2 aliphatic rings. The number of likely N-dealkylation sites (tertiary alicyclic amines) is 1. The molecule has 0 N–H and O–H groups in total. The van der Waals surface area contributed by atoms with Gasteiger partial charge in [0.05, 0.1) is 11.3 Å². The molecule has 1 saturated carbocycles. The van der Waals surface area contributed by atoms with Crippen LogP contribution in [0.3, 0.4) is 0 Å². The van der Waals surface area contributed by atoms with Gasteiger partial charge in [-0.3, -0.25) is 19.4 Å². The van der Waals surface area contributed by atoms with Crippen LogP contribution in [0.25, 0.3) is 11.3 Å². The second kappa shape index (κ2) is 7.17. The summed E-state index contributed by atoms with van der Waals surface area (Å²) in [5.41, 5.74) is 4.32. The molecule has 0 radical (unpaired) electrons. The van der Waals surface area contributed by atoms with Gasteiger partial charge >= 0.3 is 0 Å². The highest BCUT2D eigenvalue weighted by Crippen LogP contribution is 2.46. The van der Waals surface area contributed by atoms with E-state index in [4.69, 9.17) is 5.26 Å². The Balaban J connectivity index is 1.61. The van der Waals surface area contributed by atoms with Crippen LogP contribution in [0.15, 0.2) is 30.5 Å².